The number of ether oxygens (including phenoxy) is 1. The van der Waals surface area contributed by atoms with Crippen LogP contribution in [0.1, 0.15) is 35.4 Å². The third-order valence-electron chi connectivity index (χ3n) is 5.22. The molecule has 134 valence electrons. The van der Waals surface area contributed by atoms with Crippen molar-refractivity contribution in [3.63, 3.8) is 0 Å². The fourth-order valence-electron chi connectivity index (χ4n) is 3.86. The van der Waals surface area contributed by atoms with Crippen LogP contribution in [0.5, 0.6) is 5.75 Å². The minimum Gasteiger partial charge on any atom is -0.497 e. The Morgan fingerprint density at radius 2 is 2.31 bits per heavy atom. The standard InChI is InChI=1S/C21H23N3O2/c1-26-17-7-8-18-14(10-17)4-2-5-15(18)12-23-20(25)11-16-13-24-21-19(16)6-3-9-22-21/h3,6-10,13,15H,2,4-5,11-12H2,1H3,(H,22,24)(H,23,25)/t15-/m1/s1. The molecular formula is C21H23N3O2. The van der Waals surface area contributed by atoms with Crippen LogP contribution in [0.25, 0.3) is 11.0 Å². The summed E-state index contributed by atoms with van der Waals surface area (Å²) in [5.74, 6) is 1.33. The van der Waals surface area contributed by atoms with E-state index in [1.807, 2.05) is 24.4 Å². The lowest BCUT2D eigenvalue weighted by atomic mass is 9.82. The van der Waals surface area contributed by atoms with E-state index in [0.29, 0.717) is 18.9 Å². The third-order valence-corrected chi connectivity index (χ3v) is 5.22. The van der Waals surface area contributed by atoms with Gasteiger partial charge in [0.1, 0.15) is 11.4 Å². The highest BCUT2D eigenvalue weighted by Crippen LogP contribution is 2.33. The third kappa shape index (κ3) is 3.29. The van der Waals surface area contributed by atoms with Gasteiger partial charge in [-0.3, -0.25) is 4.79 Å². The summed E-state index contributed by atoms with van der Waals surface area (Å²) in [4.78, 5) is 19.8. The second-order valence-electron chi connectivity index (χ2n) is 6.85. The van der Waals surface area contributed by atoms with Gasteiger partial charge in [-0.2, -0.15) is 0 Å². The zero-order chi connectivity index (χ0) is 17.9. The lowest BCUT2D eigenvalue weighted by Crippen LogP contribution is -2.31. The average molecular weight is 349 g/mol. The Balaban J connectivity index is 1.41. The van der Waals surface area contributed by atoms with Crippen molar-refractivity contribution in [3.8, 4) is 5.75 Å². The maximum absolute atomic E-state index is 12.4. The van der Waals surface area contributed by atoms with Crippen molar-refractivity contribution < 1.29 is 9.53 Å². The molecule has 1 aliphatic carbocycles. The smallest absolute Gasteiger partial charge is 0.224 e. The average Bonchev–Trinajstić information content (AvgIpc) is 3.08. The topological polar surface area (TPSA) is 67.0 Å². The number of pyridine rings is 1. The van der Waals surface area contributed by atoms with E-state index in [4.69, 9.17) is 4.74 Å². The number of hydrogen-bond donors (Lipinski definition) is 2. The van der Waals surface area contributed by atoms with Crippen LogP contribution in [-0.2, 0) is 17.6 Å². The first-order valence-electron chi connectivity index (χ1n) is 9.09. The number of amides is 1. The fourth-order valence-corrected chi connectivity index (χ4v) is 3.86. The Morgan fingerprint density at radius 1 is 1.38 bits per heavy atom. The number of rotatable bonds is 5. The quantitative estimate of drug-likeness (QED) is 0.742. The molecule has 4 rings (SSSR count). The van der Waals surface area contributed by atoms with Gasteiger partial charge < -0.3 is 15.0 Å². The van der Waals surface area contributed by atoms with Crippen LogP contribution in [0, 0.1) is 0 Å². The predicted molar refractivity (Wildman–Crippen MR) is 101 cm³/mol. The number of carbonyl (C=O) groups is 1. The van der Waals surface area contributed by atoms with E-state index in [0.717, 1.165) is 41.6 Å². The normalized spacial score (nSPS) is 16.3. The first-order chi connectivity index (χ1) is 12.7. The molecule has 0 fully saturated rings. The Bertz CT molecular complexity index is 932. The first-order valence-corrected chi connectivity index (χ1v) is 9.09. The van der Waals surface area contributed by atoms with Gasteiger partial charge in [-0.15, -0.1) is 0 Å². The van der Waals surface area contributed by atoms with E-state index >= 15 is 0 Å². The second-order valence-corrected chi connectivity index (χ2v) is 6.85. The fraction of sp³-hybridized carbons (Fsp3) is 0.333. The van der Waals surface area contributed by atoms with Crippen LogP contribution in [0.2, 0.25) is 0 Å². The van der Waals surface area contributed by atoms with E-state index in [-0.39, 0.29) is 5.91 Å². The molecule has 5 nitrogen and oxygen atoms in total. The van der Waals surface area contributed by atoms with Crippen molar-refractivity contribution in [1.82, 2.24) is 15.3 Å². The number of aryl methyl sites for hydroxylation is 1. The highest BCUT2D eigenvalue weighted by molar-refractivity contribution is 5.87. The van der Waals surface area contributed by atoms with E-state index in [1.165, 1.54) is 11.1 Å². The maximum Gasteiger partial charge on any atom is 0.224 e. The molecule has 1 aliphatic rings. The number of hydrogen-bond acceptors (Lipinski definition) is 3. The predicted octanol–water partition coefficient (Wildman–Crippen LogP) is 3.35. The summed E-state index contributed by atoms with van der Waals surface area (Å²) in [6, 6.07) is 10.2. The molecule has 0 spiro atoms. The van der Waals surface area contributed by atoms with Crippen molar-refractivity contribution in [1.29, 1.82) is 0 Å². The Morgan fingerprint density at radius 3 is 3.19 bits per heavy atom. The maximum atomic E-state index is 12.4. The van der Waals surface area contributed by atoms with Gasteiger partial charge in [0, 0.05) is 30.2 Å². The van der Waals surface area contributed by atoms with Crippen molar-refractivity contribution in [2.24, 2.45) is 0 Å². The molecule has 26 heavy (non-hydrogen) atoms. The van der Waals surface area contributed by atoms with Gasteiger partial charge >= 0.3 is 0 Å². The first kappa shape index (κ1) is 16.6. The van der Waals surface area contributed by atoms with Gasteiger partial charge in [-0.05, 0) is 60.2 Å². The van der Waals surface area contributed by atoms with Crippen LogP contribution < -0.4 is 10.1 Å². The summed E-state index contributed by atoms with van der Waals surface area (Å²) < 4.78 is 5.33. The Hall–Kier alpha value is -2.82. The van der Waals surface area contributed by atoms with Crippen molar-refractivity contribution in [2.45, 2.75) is 31.6 Å². The van der Waals surface area contributed by atoms with Crippen molar-refractivity contribution in [3.05, 3.63) is 59.4 Å². The highest BCUT2D eigenvalue weighted by atomic mass is 16.5. The summed E-state index contributed by atoms with van der Waals surface area (Å²) in [6.45, 7) is 0.679. The number of methoxy groups -OCH3 is 1. The highest BCUT2D eigenvalue weighted by Gasteiger charge is 2.21. The molecule has 1 atom stereocenters. The molecule has 2 N–H and O–H groups in total. The number of fused-ring (bicyclic) bond motifs is 2. The zero-order valence-electron chi connectivity index (χ0n) is 14.9. The van der Waals surface area contributed by atoms with Crippen LogP contribution in [0.4, 0.5) is 0 Å². The molecule has 5 heteroatoms. The number of H-pyrrole nitrogens is 1. The molecule has 2 heterocycles. The molecule has 3 aromatic rings. The number of benzene rings is 1. The SMILES string of the molecule is COc1ccc2c(c1)CCC[C@@H]2CNC(=O)Cc1c[nH]c2ncccc12. The lowest BCUT2D eigenvalue weighted by Gasteiger charge is -2.26. The van der Waals surface area contributed by atoms with Gasteiger partial charge in [-0.1, -0.05) is 6.07 Å². The van der Waals surface area contributed by atoms with E-state index < -0.39 is 0 Å². The van der Waals surface area contributed by atoms with Crippen LogP contribution in [0.15, 0.2) is 42.7 Å². The van der Waals surface area contributed by atoms with Crippen molar-refractivity contribution >= 4 is 16.9 Å². The minimum absolute atomic E-state index is 0.0513. The molecule has 0 saturated heterocycles. The van der Waals surface area contributed by atoms with Gasteiger partial charge in [0.2, 0.25) is 5.91 Å². The van der Waals surface area contributed by atoms with Gasteiger partial charge in [-0.25, -0.2) is 4.98 Å². The summed E-state index contributed by atoms with van der Waals surface area (Å²) in [5, 5.41) is 4.13. The molecular weight excluding hydrogens is 326 g/mol. The molecule has 2 aromatic heterocycles. The molecule has 0 saturated carbocycles. The molecule has 0 radical (unpaired) electrons. The van der Waals surface area contributed by atoms with Crippen LogP contribution >= 0.6 is 0 Å². The van der Waals surface area contributed by atoms with Crippen LogP contribution in [0.3, 0.4) is 0 Å². The Labute approximate surface area is 152 Å². The molecule has 0 unspecified atom stereocenters. The number of nitrogens with zero attached hydrogens (tertiary/aromatic N) is 1. The molecule has 1 aromatic carbocycles. The summed E-state index contributed by atoms with van der Waals surface area (Å²) in [7, 11) is 1.70. The zero-order valence-corrected chi connectivity index (χ0v) is 14.9. The summed E-state index contributed by atoms with van der Waals surface area (Å²) >= 11 is 0. The summed E-state index contributed by atoms with van der Waals surface area (Å²) in [5.41, 5.74) is 4.50. The van der Waals surface area contributed by atoms with Crippen molar-refractivity contribution in [2.75, 3.05) is 13.7 Å². The molecule has 1 amide bonds. The lowest BCUT2D eigenvalue weighted by molar-refractivity contribution is -0.120. The summed E-state index contributed by atoms with van der Waals surface area (Å²) in [6.07, 6.45) is 7.33. The molecule has 0 bridgehead atoms. The second kappa shape index (κ2) is 7.20. The number of aromatic nitrogens is 2. The van der Waals surface area contributed by atoms with Gasteiger partial charge in [0.25, 0.3) is 0 Å². The molecule has 0 aliphatic heterocycles. The van der Waals surface area contributed by atoms with E-state index in [2.05, 4.69) is 27.4 Å². The van der Waals surface area contributed by atoms with Gasteiger partial charge in [0.15, 0.2) is 0 Å². The monoisotopic (exact) mass is 349 g/mol. The number of carbonyl (C=O) groups excluding carboxylic acids is 1. The van der Waals surface area contributed by atoms with E-state index in [9.17, 15) is 4.79 Å². The Kier molecular flexibility index (Phi) is 4.61. The minimum atomic E-state index is 0.0513. The van der Waals surface area contributed by atoms with Gasteiger partial charge in [0.05, 0.1) is 13.5 Å². The van der Waals surface area contributed by atoms with Crippen LogP contribution in [-0.4, -0.2) is 29.5 Å². The largest absolute Gasteiger partial charge is 0.497 e. The number of aromatic amines is 1. The van der Waals surface area contributed by atoms with E-state index in [1.54, 1.807) is 13.3 Å². The number of nitrogens with one attached hydrogen (secondary N) is 2.